The van der Waals surface area contributed by atoms with Gasteiger partial charge < -0.3 is 20.4 Å². The molecule has 1 aromatic rings. The molecule has 8 atom stereocenters. The normalized spacial score (nSPS) is 42.3. The van der Waals surface area contributed by atoms with Gasteiger partial charge >= 0.3 is 5.97 Å². The van der Waals surface area contributed by atoms with Crippen LogP contribution < -0.4 is 0 Å². The van der Waals surface area contributed by atoms with Gasteiger partial charge in [-0.05, 0) is 127 Å². The zero-order valence-corrected chi connectivity index (χ0v) is 27.4. The lowest BCUT2D eigenvalue weighted by molar-refractivity contribution is -0.207. The van der Waals surface area contributed by atoms with Gasteiger partial charge in [-0.2, -0.15) is 0 Å². The average molecular weight is 605 g/mol. The summed E-state index contributed by atoms with van der Waals surface area (Å²) in [6.45, 7) is 13.7. The van der Waals surface area contributed by atoms with Crippen LogP contribution >= 0.6 is 0 Å². The van der Waals surface area contributed by atoms with E-state index in [2.05, 4.69) is 47.6 Å². The van der Waals surface area contributed by atoms with Crippen LogP contribution in [0.1, 0.15) is 111 Å². The molecular formula is C38H52O6. The zero-order chi connectivity index (χ0) is 32.1. The maximum atomic E-state index is 15.1. The maximum Gasteiger partial charge on any atom is 0.310 e. The molecule has 4 fully saturated rings. The molecule has 0 radical (unpaired) electrons. The molecule has 0 bridgehead atoms. The summed E-state index contributed by atoms with van der Waals surface area (Å²) < 4.78 is 0. The minimum absolute atomic E-state index is 0.0130. The summed E-state index contributed by atoms with van der Waals surface area (Å²) in [5, 5.41) is 41.8. The number of hydrogen-bond acceptors (Lipinski definition) is 5. The van der Waals surface area contributed by atoms with Crippen LogP contribution in [0.25, 0.3) is 6.08 Å². The standard InChI is InChI=1S/C38H52O6/c1-33(2)17-18-37(32(43)44)19-20-38(31(42)12-8-23-7-10-26(39)27(40)21-23)24(25(37)22-33)9-11-29-35(5)15-14-30(41)34(3,4)28(35)13-16-36(29,38)6/h7-10,12,21,25,28-30,39-41H,11,13-20,22H2,1-6H3,(H,43,44)/b12-8+/t25-,28-,29-,30-,35-,36+,37-,38+/m0/s1. The Labute approximate surface area is 262 Å². The van der Waals surface area contributed by atoms with Crippen molar-refractivity contribution in [3.63, 3.8) is 0 Å². The van der Waals surface area contributed by atoms with Crippen LogP contribution in [0.15, 0.2) is 35.9 Å². The van der Waals surface area contributed by atoms with Gasteiger partial charge in [0.05, 0.1) is 16.9 Å². The summed E-state index contributed by atoms with van der Waals surface area (Å²) >= 11 is 0. The largest absolute Gasteiger partial charge is 0.504 e. The maximum absolute atomic E-state index is 15.1. The molecule has 1 aromatic carbocycles. The highest BCUT2D eigenvalue weighted by Crippen LogP contribution is 2.76. The van der Waals surface area contributed by atoms with E-state index in [1.165, 1.54) is 12.1 Å². The molecular weight excluding hydrogens is 552 g/mol. The van der Waals surface area contributed by atoms with Crippen LogP contribution in [0.5, 0.6) is 11.5 Å². The predicted molar refractivity (Wildman–Crippen MR) is 171 cm³/mol. The molecule has 0 aromatic heterocycles. The number of rotatable bonds is 4. The molecule has 0 aliphatic heterocycles. The third kappa shape index (κ3) is 4.14. The topological polar surface area (TPSA) is 115 Å². The summed E-state index contributed by atoms with van der Waals surface area (Å²) in [4.78, 5) is 28.2. The van der Waals surface area contributed by atoms with E-state index < -0.39 is 16.8 Å². The number of aliphatic hydroxyl groups is 1. The van der Waals surface area contributed by atoms with E-state index in [1.54, 1.807) is 18.2 Å². The summed E-state index contributed by atoms with van der Waals surface area (Å²) in [7, 11) is 0. The van der Waals surface area contributed by atoms with Crippen LogP contribution in [0.2, 0.25) is 0 Å². The molecule has 0 spiro atoms. The summed E-state index contributed by atoms with van der Waals surface area (Å²) in [6.07, 6.45) is 13.0. The van der Waals surface area contributed by atoms with Crippen molar-refractivity contribution in [2.45, 2.75) is 112 Å². The number of carbonyl (C=O) groups excluding carboxylic acids is 1. The third-order valence-corrected chi connectivity index (χ3v) is 14.3. The third-order valence-electron chi connectivity index (χ3n) is 14.3. The van der Waals surface area contributed by atoms with Crippen LogP contribution in [0.4, 0.5) is 0 Å². The molecule has 5 aliphatic rings. The van der Waals surface area contributed by atoms with E-state index in [9.17, 15) is 25.2 Å². The fourth-order valence-electron chi connectivity index (χ4n) is 11.8. The molecule has 4 N–H and O–H groups in total. The molecule has 0 heterocycles. The fourth-order valence-corrected chi connectivity index (χ4v) is 11.8. The summed E-state index contributed by atoms with van der Waals surface area (Å²) in [5.74, 6) is -0.755. The average Bonchev–Trinajstić information content (AvgIpc) is 2.95. The van der Waals surface area contributed by atoms with Crippen LogP contribution in [-0.2, 0) is 9.59 Å². The van der Waals surface area contributed by atoms with E-state index in [0.29, 0.717) is 30.7 Å². The Morgan fingerprint density at radius 2 is 1.57 bits per heavy atom. The number of fused-ring (bicyclic) bond motifs is 7. The zero-order valence-electron chi connectivity index (χ0n) is 27.4. The van der Waals surface area contributed by atoms with E-state index in [1.807, 2.05) is 0 Å². The second kappa shape index (κ2) is 9.95. The summed E-state index contributed by atoms with van der Waals surface area (Å²) in [5.41, 5.74) is -0.624. The Morgan fingerprint density at radius 1 is 0.864 bits per heavy atom. The van der Waals surface area contributed by atoms with Crippen molar-refractivity contribution in [3.05, 3.63) is 41.5 Å². The van der Waals surface area contributed by atoms with E-state index in [0.717, 1.165) is 50.5 Å². The molecule has 0 amide bonds. The first kappa shape index (κ1) is 31.4. The van der Waals surface area contributed by atoms with Crippen molar-refractivity contribution in [1.82, 2.24) is 0 Å². The number of phenolic OH excluding ortho intramolecular Hbond substituents is 2. The Hall–Kier alpha value is -2.60. The van der Waals surface area contributed by atoms with Crippen LogP contribution in [-0.4, -0.2) is 38.3 Å². The van der Waals surface area contributed by atoms with Crippen LogP contribution in [0, 0.1) is 50.2 Å². The number of aliphatic carboxylic acids is 1. The smallest absolute Gasteiger partial charge is 0.310 e. The minimum atomic E-state index is -0.848. The van der Waals surface area contributed by atoms with Crippen molar-refractivity contribution >= 4 is 17.8 Å². The van der Waals surface area contributed by atoms with Crippen molar-refractivity contribution in [1.29, 1.82) is 0 Å². The Morgan fingerprint density at radius 3 is 2.25 bits per heavy atom. The lowest BCUT2D eigenvalue weighted by Gasteiger charge is -2.71. The Bertz CT molecular complexity index is 1440. The second-order valence-electron chi connectivity index (χ2n) is 17.1. The first-order chi connectivity index (χ1) is 20.4. The highest BCUT2D eigenvalue weighted by atomic mass is 16.4. The van der Waals surface area contributed by atoms with Crippen molar-refractivity contribution < 1.29 is 30.0 Å². The van der Waals surface area contributed by atoms with Gasteiger partial charge in [0, 0.05) is 0 Å². The van der Waals surface area contributed by atoms with E-state index in [-0.39, 0.29) is 56.9 Å². The molecule has 0 saturated heterocycles. The highest BCUT2D eigenvalue weighted by Gasteiger charge is 2.72. The van der Waals surface area contributed by atoms with E-state index in [4.69, 9.17) is 0 Å². The molecule has 0 unspecified atom stereocenters. The van der Waals surface area contributed by atoms with E-state index >= 15 is 4.79 Å². The van der Waals surface area contributed by atoms with Crippen molar-refractivity contribution in [2.24, 2.45) is 50.2 Å². The first-order valence-corrected chi connectivity index (χ1v) is 16.8. The number of phenols is 2. The predicted octanol–water partition coefficient (Wildman–Crippen LogP) is 7.91. The van der Waals surface area contributed by atoms with Gasteiger partial charge in [0.15, 0.2) is 17.3 Å². The van der Waals surface area contributed by atoms with Gasteiger partial charge in [-0.25, -0.2) is 0 Å². The minimum Gasteiger partial charge on any atom is -0.504 e. The fraction of sp³-hybridized carbons (Fsp3) is 0.684. The summed E-state index contributed by atoms with van der Waals surface area (Å²) in [6, 6.07) is 4.56. The van der Waals surface area contributed by atoms with Crippen molar-refractivity contribution in [3.8, 4) is 11.5 Å². The van der Waals surface area contributed by atoms with Gasteiger partial charge in [-0.1, -0.05) is 65.3 Å². The van der Waals surface area contributed by atoms with Gasteiger partial charge in [0.25, 0.3) is 0 Å². The SMILES string of the molecule is CC1(C)CC[C@]2(C(=O)O)CC[C@]3(C(=O)/C=C/c4ccc(O)c(O)c4)C(=CC[C@H]4[C@@]5(C)CC[C@H](O)C(C)(C)[C@@H]5CC[C@]43C)[C@@H]2C1. The monoisotopic (exact) mass is 604 g/mol. The van der Waals surface area contributed by atoms with Gasteiger partial charge in [0.1, 0.15) is 0 Å². The molecule has 4 saturated carbocycles. The number of aromatic hydroxyl groups is 2. The van der Waals surface area contributed by atoms with Crippen LogP contribution in [0.3, 0.4) is 0 Å². The molecule has 6 nitrogen and oxygen atoms in total. The molecule has 6 heteroatoms. The number of carboxylic acid groups (broad SMARTS) is 1. The number of benzene rings is 1. The Balaban J connectivity index is 1.52. The number of hydrogen-bond donors (Lipinski definition) is 4. The molecule has 240 valence electrons. The molecule has 6 rings (SSSR count). The number of ketones is 1. The highest BCUT2D eigenvalue weighted by molar-refractivity contribution is 6.01. The van der Waals surface area contributed by atoms with Gasteiger partial charge in [-0.15, -0.1) is 0 Å². The van der Waals surface area contributed by atoms with Gasteiger partial charge in [0.2, 0.25) is 0 Å². The Kier molecular flexibility index (Phi) is 7.10. The first-order valence-electron chi connectivity index (χ1n) is 16.8. The lowest BCUT2D eigenvalue weighted by Crippen LogP contribution is -2.67. The van der Waals surface area contributed by atoms with Gasteiger partial charge in [-0.3, -0.25) is 9.59 Å². The molecule has 5 aliphatic carbocycles. The number of aliphatic hydroxyl groups excluding tert-OH is 1. The number of allylic oxidation sites excluding steroid dienone is 3. The lowest BCUT2D eigenvalue weighted by atomic mass is 9.32. The quantitative estimate of drug-likeness (QED) is 0.158. The second-order valence-corrected chi connectivity index (χ2v) is 17.1. The number of carbonyl (C=O) groups is 2. The number of carboxylic acids is 1. The van der Waals surface area contributed by atoms with Crippen molar-refractivity contribution in [2.75, 3.05) is 0 Å². The molecule has 44 heavy (non-hydrogen) atoms.